The zero-order valence-corrected chi connectivity index (χ0v) is 26.8. The molecule has 0 bridgehead atoms. The van der Waals surface area contributed by atoms with Crippen LogP contribution < -0.4 is 15.0 Å². The van der Waals surface area contributed by atoms with Crippen LogP contribution in [0.4, 0.5) is 4.39 Å². The lowest BCUT2D eigenvalue weighted by molar-refractivity contribution is -0.0366. The zero-order valence-electron chi connectivity index (χ0n) is 26.8. The van der Waals surface area contributed by atoms with E-state index in [9.17, 15) is 4.79 Å². The average Bonchev–Trinajstić information content (AvgIpc) is 3.86. The number of nitrogens with zero attached hydrogens (tertiary/aromatic N) is 3. The predicted octanol–water partition coefficient (Wildman–Crippen LogP) is 6.94. The monoisotopic (exact) mass is 636 g/mol. The van der Waals surface area contributed by atoms with E-state index in [0.29, 0.717) is 45.5 Å². The molecule has 1 N–H and O–H groups in total. The van der Waals surface area contributed by atoms with Crippen molar-refractivity contribution in [3.8, 4) is 35.2 Å². The van der Waals surface area contributed by atoms with Gasteiger partial charge in [0.05, 0.1) is 23.2 Å². The summed E-state index contributed by atoms with van der Waals surface area (Å²) in [5.74, 6) is 2.84. The minimum Gasteiger partial charge on any atom is -0.486 e. The lowest BCUT2D eigenvalue weighted by Crippen LogP contribution is -2.19. The maximum atomic E-state index is 16.0. The highest BCUT2D eigenvalue weighted by Crippen LogP contribution is 2.52. The number of fused-ring (bicyclic) bond motifs is 2. The molecule has 47 heavy (non-hydrogen) atoms. The number of rotatable bonds is 10. The molecule has 5 aromatic rings. The second-order valence-electron chi connectivity index (χ2n) is 12.4. The van der Waals surface area contributed by atoms with Crippen molar-refractivity contribution in [1.29, 1.82) is 0 Å². The molecule has 0 spiro atoms. The molecule has 2 aliphatic rings. The van der Waals surface area contributed by atoms with Gasteiger partial charge in [0.1, 0.15) is 24.5 Å². The van der Waals surface area contributed by atoms with Crippen molar-refractivity contribution >= 4 is 21.8 Å². The van der Waals surface area contributed by atoms with Crippen LogP contribution in [0.1, 0.15) is 73.4 Å². The number of H-pyrrole nitrogens is 1. The molecule has 10 heteroatoms. The van der Waals surface area contributed by atoms with Gasteiger partial charge in [-0.15, -0.1) is 6.42 Å². The number of ether oxygens (including phenoxy) is 4. The first-order valence-electron chi connectivity index (χ1n) is 16.1. The highest BCUT2D eigenvalue weighted by molar-refractivity contribution is 6.04. The third-order valence-electron chi connectivity index (χ3n) is 9.12. The second-order valence-corrected chi connectivity index (χ2v) is 12.4. The predicted molar refractivity (Wildman–Crippen MR) is 177 cm³/mol. The van der Waals surface area contributed by atoms with Crippen LogP contribution >= 0.6 is 0 Å². The Morgan fingerprint density at radius 3 is 2.64 bits per heavy atom. The molecule has 9 nitrogen and oxygen atoms in total. The summed E-state index contributed by atoms with van der Waals surface area (Å²) in [5.41, 5.74) is 5.00. The van der Waals surface area contributed by atoms with E-state index in [0.717, 1.165) is 54.2 Å². The lowest BCUT2D eigenvalue weighted by Gasteiger charge is -2.24. The van der Waals surface area contributed by atoms with Crippen LogP contribution in [-0.4, -0.2) is 46.2 Å². The van der Waals surface area contributed by atoms with Gasteiger partial charge in [-0.1, -0.05) is 18.1 Å². The Morgan fingerprint density at radius 1 is 1.13 bits per heavy atom. The number of methoxy groups -OCH3 is 1. The third-order valence-corrected chi connectivity index (χ3v) is 9.12. The Balaban J connectivity index is 1.47. The number of aromatic nitrogens is 4. The summed E-state index contributed by atoms with van der Waals surface area (Å²) in [7, 11) is 1.59. The Labute approximate surface area is 272 Å². The van der Waals surface area contributed by atoms with Crippen molar-refractivity contribution in [3.63, 3.8) is 0 Å². The van der Waals surface area contributed by atoms with Crippen LogP contribution in [-0.2, 0) is 16.1 Å². The largest absolute Gasteiger partial charge is 0.486 e. The molecule has 1 aliphatic carbocycles. The van der Waals surface area contributed by atoms with Gasteiger partial charge in [-0.2, -0.15) is 10.1 Å². The molecule has 1 unspecified atom stereocenters. The minimum atomic E-state index is -0.362. The van der Waals surface area contributed by atoms with E-state index in [4.69, 9.17) is 35.5 Å². The van der Waals surface area contributed by atoms with Crippen molar-refractivity contribution in [2.75, 3.05) is 20.3 Å². The molecule has 7 rings (SSSR count). The van der Waals surface area contributed by atoms with Crippen molar-refractivity contribution in [1.82, 2.24) is 19.7 Å². The van der Waals surface area contributed by atoms with Gasteiger partial charge in [0.25, 0.3) is 11.6 Å². The quantitative estimate of drug-likeness (QED) is 0.166. The summed E-state index contributed by atoms with van der Waals surface area (Å²) in [5, 5.41) is 5.87. The van der Waals surface area contributed by atoms with Gasteiger partial charge in [-0.05, 0) is 86.8 Å². The van der Waals surface area contributed by atoms with Gasteiger partial charge >= 0.3 is 0 Å². The fraction of sp³-hybridized carbons (Fsp3) is 0.378. The molecule has 1 saturated carbocycles. The molecule has 0 radical (unpaired) electrons. The van der Waals surface area contributed by atoms with Crippen molar-refractivity contribution in [3.05, 3.63) is 81.0 Å². The summed E-state index contributed by atoms with van der Waals surface area (Å²) < 4.78 is 41.7. The minimum absolute atomic E-state index is 0.0446. The maximum Gasteiger partial charge on any atom is 0.297 e. The Hall–Kier alpha value is -4.72. The number of hydrogen-bond donors (Lipinski definition) is 1. The average molecular weight is 637 g/mol. The van der Waals surface area contributed by atoms with Crippen molar-refractivity contribution < 1.29 is 23.3 Å². The van der Waals surface area contributed by atoms with Gasteiger partial charge in [0, 0.05) is 41.9 Å². The molecule has 2 atom stereocenters. The van der Waals surface area contributed by atoms with Crippen LogP contribution in [0.2, 0.25) is 0 Å². The van der Waals surface area contributed by atoms with Crippen LogP contribution in [0.25, 0.3) is 32.9 Å². The van der Waals surface area contributed by atoms with Gasteiger partial charge in [0.2, 0.25) is 0 Å². The second kappa shape index (κ2) is 12.8. The van der Waals surface area contributed by atoms with Gasteiger partial charge in [-0.3, -0.25) is 9.78 Å². The van der Waals surface area contributed by atoms with Crippen LogP contribution in [0.3, 0.4) is 0 Å². The van der Waals surface area contributed by atoms with E-state index >= 15 is 4.39 Å². The number of nitrogens with one attached hydrogen (secondary N) is 1. The Bertz CT molecular complexity index is 2050. The van der Waals surface area contributed by atoms with Crippen LogP contribution in [0.5, 0.6) is 11.8 Å². The van der Waals surface area contributed by atoms with Gasteiger partial charge < -0.3 is 18.9 Å². The number of halogens is 1. The van der Waals surface area contributed by atoms with E-state index in [1.807, 2.05) is 37.3 Å². The molecule has 1 saturated heterocycles. The first-order valence-corrected chi connectivity index (χ1v) is 16.1. The number of terminal acetylenes is 1. The van der Waals surface area contributed by atoms with Gasteiger partial charge in [-0.25, -0.2) is 9.07 Å². The highest BCUT2D eigenvalue weighted by atomic mass is 19.1. The van der Waals surface area contributed by atoms with E-state index in [1.54, 1.807) is 24.9 Å². The van der Waals surface area contributed by atoms with Crippen LogP contribution in [0, 0.1) is 25.1 Å². The normalized spacial score (nSPS) is 17.1. The smallest absolute Gasteiger partial charge is 0.297 e. The Kier molecular flexibility index (Phi) is 8.43. The summed E-state index contributed by atoms with van der Waals surface area (Å²) in [6, 6.07) is 11.0. The molecular formula is C37H37FN4O5. The summed E-state index contributed by atoms with van der Waals surface area (Å²) in [6.45, 7) is 4.61. The van der Waals surface area contributed by atoms with E-state index < -0.39 is 0 Å². The van der Waals surface area contributed by atoms with Gasteiger partial charge in [0.15, 0.2) is 12.0 Å². The van der Waals surface area contributed by atoms with E-state index in [-0.39, 0.29) is 48.9 Å². The van der Waals surface area contributed by atoms with E-state index in [2.05, 4.69) is 10.9 Å². The number of aromatic amines is 1. The first-order chi connectivity index (χ1) is 22.9. The van der Waals surface area contributed by atoms with Crippen LogP contribution in [0.15, 0.2) is 47.4 Å². The molecule has 0 amide bonds. The molecule has 2 aromatic heterocycles. The number of benzene rings is 3. The SMILES string of the molecule is C#Cc1ccc(COc2c(-c3c(C)c(F)cc4c3cnn4C3CCCCO3)c(C3CC3)cc3c(=O)[nH]c(OC[C@@H](C)OC)nc23)cc1. The Morgan fingerprint density at radius 2 is 1.94 bits per heavy atom. The molecule has 1 aliphatic heterocycles. The number of hydrogen-bond acceptors (Lipinski definition) is 7. The first kappa shape index (κ1) is 30.9. The molecular weight excluding hydrogens is 599 g/mol. The lowest BCUT2D eigenvalue weighted by atomic mass is 9.89. The summed E-state index contributed by atoms with van der Waals surface area (Å²) >= 11 is 0. The molecule has 3 aromatic carbocycles. The molecule has 242 valence electrons. The van der Waals surface area contributed by atoms with E-state index in [1.165, 1.54) is 6.07 Å². The van der Waals surface area contributed by atoms with Crippen molar-refractivity contribution in [2.24, 2.45) is 0 Å². The molecule has 2 fully saturated rings. The highest BCUT2D eigenvalue weighted by Gasteiger charge is 2.33. The summed E-state index contributed by atoms with van der Waals surface area (Å²) in [6.07, 6.45) is 11.6. The maximum absolute atomic E-state index is 16.0. The zero-order chi connectivity index (χ0) is 32.7. The summed E-state index contributed by atoms with van der Waals surface area (Å²) in [4.78, 5) is 21.2. The van der Waals surface area contributed by atoms with Crippen molar-refractivity contribution in [2.45, 2.75) is 70.8 Å². The fourth-order valence-corrected chi connectivity index (χ4v) is 6.27. The molecule has 3 heterocycles. The standard InChI is InChI=1S/C37H37FN4O5/c1-5-23-9-11-24(12-10-23)20-46-35-33(32-22(3)29(38)17-30-28(32)18-39-42(30)31-8-6-7-15-45-31)26(25-13-14-25)16-27-34(35)40-37(41-36(27)43)47-19-21(2)44-4/h1,9-12,16-18,21,25,31H,6-8,13-15,19-20H2,2-4H3,(H,40,41,43)/t21-,31?/m1/s1. The third kappa shape index (κ3) is 5.97. The topological polar surface area (TPSA) is 100 Å². The fourth-order valence-electron chi connectivity index (χ4n) is 6.27.